The maximum absolute atomic E-state index is 12.5. The van der Waals surface area contributed by atoms with Gasteiger partial charge in [-0.15, -0.1) is 0 Å². The van der Waals surface area contributed by atoms with Crippen LogP contribution in [0.25, 0.3) is 0 Å². The third-order valence-electron chi connectivity index (χ3n) is 1.13. The molecule has 0 aliphatic heterocycles. The van der Waals surface area contributed by atoms with E-state index in [4.69, 9.17) is 5.73 Å². The summed E-state index contributed by atoms with van der Waals surface area (Å²) in [6, 6.07) is 1.53. The minimum Gasteiger partial charge on any atom is -0.395 e. The number of hydrogen-bond donors (Lipinski definition) is 1. The second-order valence-electron chi connectivity index (χ2n) is 1.98. The number of aromatic nitrogens is 1. The van der Waals surface area contributed by atoms with E-state index in [-0.39, 0.29) is 5.69 Å². The van der Waals surface area contributed by atoms with Gasteiger partial charge in [0.25, 0.3) is 0 Å². The van der Waals surface area contributed by atoms with Gasteiger partial charge >= 0.3 is 0 Å². The Kier molecular flexibility index (Phi) is 1.89. The Labute approximate surface area is 66.4 Å². The van der Waals surface area contributed by atoms with Crippen LogP contribution in [0.3, 0.4) is 0 Å². The summed E-state index contributed by atoms with van der Waals surface area (Å²) in [5, 5.41) is 0. The van der Waals surface area contributed by atoms with Crippen LogP contribution in [-0.4, -0.2) is 4.98 Å². The van der Waals surface area contributed by atoms with E-state index in [1.54, 1.807) is 6.92 Å². The second-order valence-corrected chi connectivity index (χ2v) is 2.73. The zero-order chi connectivity index (χ0) is 7.72. The molecule has 0 radical (unpaired) electrons. The number of halogens is 2. The number of pyridine rings is 1. The van der Waals surface area contributed by atoms with Crippen LogP contribution in [0.4, 0.5) is 10.1 Å². The molecule has 1 heterocycles. The number of anilines is 1. The zero-order valence-corrected chi connectivity index (χ0v) is 6.94. The van der Waals surface area contributed by atoms with Crippen molar-refractivity contribution >= 4 is 21.6 Å². The molecule has 0 unspecified atom stereocenters. The molecular weight excluding hydrogens is 199 g/mol. The van der Waals surface area contributed by atoms with Crippen molar-refractivity contribution in [1.82, 2.24) is 4.98 Å². The van der Waals surface area contributed by atoms with Crippen LogP contribution < -0.4 is 5.73 Å². The van der Waals surface area contributed by atoms with Crippen LogP contribution in [0.15, 0.2) is 10.7 Å². The van der Waals surface area contributed by atoms with Gasteiger partial charge in [0, 0.05) is 0 Å². The third-order valence-corrected chi connectivity index (χ3v) is 1.93. The highest BCUT2D eigenvalue weighted by Gasteiger charge is 2.02. The van der Waals surface area contributed by atoms with Gasteiger partial charge in [0.2, 0.25) is 5.95 Å². The monoisotopic (exact) mass is 204 g/mol. The number of aryl methyl sites for hydroxylation is 1. The lowest BCUT2D eigenvalue weighted by atomic mass is 10.3. The van der Waals surface area contributed by atoms with Gasteiger partial charge in [-0.25, -0.2) is 4.98 Å². The topological polar surface area (TPSA) is 38.9 Å². The minimum absolute atomic E-state index is 0.0840. The Hall–Kier alpha value is -0.640. The molecule has 0 fully saturated rings. The summed E-state index contributed by atoms with van der Waals surface area (Å²) in [5.41, 5.74) is 6.15. The Morgan fingerprint density at radius 1 is 1.70 bits per heavy atom. The van der Waals surface area contributed by atoms with Crippen LogP contribution in [0.5, 0.6) is 0 Å². The molecule has 0 aromatic carbocycles. The summed E-state index contributed by atoms with van der Waals surface area (Å²) in [4.78, 5) is 3.50. The largest absolute Gasteiger partial charge is 0.395 e. The van der Waals surface area contributed by atoms with Gasteiger partial charge in [-0.05, 0) is 34.5 Å². The lowest BCUT2D eigenvalue weighted by Crippen LogP contribution is -1.95. The summed E-state index contributed by atoms with van der Waals surface area (Å²) in [6.07, 6.45) is 0. The van der Waals surface area contributed by atoms with Gasteiger partial charge in [-0.3, -0.25) is 0 Å². The highest BCUT2D eigenvalue weighted by atomic mass is 79.9. The Morgan fingerprint density at radius 3 is 2.80 bits per heavy atom. The smallest absolute Gasteiger partial charge is 0.237 e. The highest BCUT2D eigenvalue weighted by Crippen LogP contribution is 2.17. The van der Waals surface area contributed by atoms with E-state index in [1.807, 2.05) is 0 Å². The van der Waals surface area contributed by atoms with Crippen molar-refractivity contribution in [2.45, 2.75) is 6.92 Å². The third kappa shape index (κ3) is 1.26. The molecule has 0 saturated heterocycles. The van der Waals surface area contributed by atoms with Gasteiger partial charge in [-0.2, -0.15) is 4.39 Å². The molecule has 0 saturated carbocycles. The minimum atomic E-state index is -0.627. The Bertz CT molecular complexity index is 212. The first kappa shape index (κ1) is 7.47. The predicted octanol–water partition coefficient (Wildman–Crippen LogP) is 1.87. The number of hydrogen-bond acceptors (Lipinski definition) is 2. The molecule has 0 aliphatic carbocycles. The highest BCUT2D eigenvalue weighted by molar-refractivity contribution is 9.10. The maximum Gasteiger partial charge on any atom is 0.237 e. The molecule has 0 amide bonds. The SMILES string of the molecule is Cc1cc(N)c(F)nc1Br. The van der Waals surface area contributed by atoms with E-state index in [1.165, 1.54) is 6.07 Å². The van der Waals surface area contributed by atoms with Crippen molar-refractivity contribution in [1.29, 1.82) is 0 Å². The maximum atomic E-state index is 12.5. The number of rotatable bonds is 0. The van der Waals surface area contributed by atoms with Gasteiger partial charge in [-0.1, -0.05) is 0 Å². The standard InChI is InChI=1S/C6H6BrFN2/c1-3-2-4(9)6(8)10-5(3)7/h2H,9H2,1H3. The van der Waals surface area contributed by atoms with Crippen molar-refractivity contribution in [2.24, 2.45) is 0 Å². The fourth-order valence-electron chi connectivity index (χ4n) is 0.591. The molecule has 0 atom stereocenters. The molecule has 1 rings (SSSR count). The van der Waals surface area contributed by atoms with Gasteiger partial charge in [0.15, 0.2) is 0 Å². The number of nitrogens with zero attached hydrogens (tertiary/aromatic N) is 1. The summed E-state index contributed by atoms with van der Waals surface area (Å²) < 4.78 is 13.0. The van der Waals surface area contributed by atoms with Crippen LogP contribution in [0.1, 0.15) is 5.56 Å². The van der Waals surface area contributed by atoms with E-state index < -0.39 is 5.95 Å². The first-order chi connectivity index (χ1) is 4.61. The molecule has 2 N–H and O–H groups in total. The summed E-state index contributed by atoms with van der Waals surface area (Å²) in [6.45, 7) is 1.80. The van der Waals surface area contributed by atoms with E-state index in [0.29, 0.717) is 4.60 Å². The van der Waals surface area contributed by atoms with Gasteiger partial charge in [0.1, 0.15) is 4.60 Å². The quantitative estimate of drug-likeness (QED) is 0.656. The molecule has 0 spiro atoms. The average Bonchev–Trinajstić information content (AvgIpc) is 1.84. The van der Waals surface area contributed by atoms with E-state index in [9.17, 15) is 4.39 Å². The molecule has 4 heteroatoms. The first-order valence-corrected chi connectivity index (χ1v) is 3.48. The lowest BCUT2D eigenvalue weighted by molar-refractivity contribution is 0.585. The van der Waals surface area contributed by atoms with Crippen molar-refractivity contribution in [3.8, 4) is 0 Å². The molecule has 10 heavy (non-hydrogen) atoms. The van der Waals surface area contributed by atoms with Crippen molar-refractivity contribution in [3.63, 3.8) is 0 Å². The summed E-state index contributed by atoms with van der Waals surface area (Å²) in [5.74, 6) is -0.627. The Morgan fingerprint density at radius 2 is 2.30 bits per heavy atom. The van der Waals surface area contributed by atoms with Crippen LogP contribution in [-0.2, 0) is 0 Å². The normalized spacial score (nSPS) is 9.90. The van der Waals surface area contributed by atoms with Crippen molar-refractivity contribution < 1.29 is 4.39 Å². The van der Waals surface area contributed by atoms with Crippen molar-refractivity contribution in [2.75, 3.05) is 5.73 Å². The lowest BCUT2D eigenvalue weighted by Gasteiger charge is -1.98. The van der Waals surface area contributed by atoms with Crippen LogP contribution in [0.2, 0.25) is 0 Å². The molecular formula is C6H6BrFN2. The summed E-state index contributed by atoms with van der Waals surface area (Å²) in [7, 11) is 0. The number of nitrogen functional groups attached to an aromatic ring is 1. The summed E-state index contributed by atoms with van der Waals surface area (Å²) >= 11 is 3.07. The fourth-order valence-corrected chi connectivity index (χ4v) is 0.861. The average molecular weight is 205 g/mol. The number of nitrogens with two attached hydrogens (primary N) is 1. The fraction of sp³-hybridized carbons (Fsp3) is 0.167. The van der Waals surface area contributed by atoms with Crippen LogP contribution in [0, 0.1) is 12.9 Å². The van der Waals surface area contributed by atoms with Gasteiger partial charge in [0.05, 0.1) is 5.69 Å². The van der Waals surface area contributed by atoms with E-state index in [2.05, 4.69) is 20.9 Å². The van der Waals surface area contributed by atoms with Crippen LogP contribution >= 0.6 is 15.9 Å². The first-order valence-electron chi connectivity index (χ1n) is 2.69. The van der Waals surface area contributed by atoms with E-state index >= 15 is 0 Å². The Balaban J connectivity index is 3.28. The predicted molar refractivity (Wildman–Crippen MR) is 41.0 cm³/mol. The van der Waals surface area contributed by atoms with Gasteiger partial charge < -0.3 is 5.73 Å². The molecule has 0 bridgehead atoms. The molecule has 2 nitrogen and oxygen atoms in total. The second kappa shape index (κ2) is 2.54. The van der Waals surface area contributed by atoms with Crippen molar-refractivity contribution in [3.05, 3.63) is 22.2 Å². The molecule has 0 aliphatic rings. The zero-order valence-electron chi connectivity index (χ0n) is 5.36. The molecule has 1 aromatic heterocycles. The van der Waals surface area contributed by atoms with E-state index in [0.717, 1.165) is 5.56 Å². The molecule has 1 aromatic rings. The molecule has 54 valence electrons.